The van der Waals surface area contributed by atoms with Crippen LogP contribution in [0.15, 0.2) is 30.3 Å². The summed E-state index contributed by atoms with van der Waals surface area (Å²) in [6.45, 7) is 0. The number of hydrogen-bond acceptors (Lipinski definition) is 2. The molecule has 66 valence electrons. The molecule has 0 bridgehead atoms. The molecule has 3 heteroatoms. The first-order valence-corrected chi connectivity index (χ1v) is 4.48. The highest BCUT2D eigenvalue weighted by Crippen LogP contribution is 2.22. The summed E-state index contributed by atoms with van der Waals surface area (Å²) >= 11 is 5.61. The Morgan fingerprint density at radius 2 is 2.08 bits per heavy atom. The van der Waals surface area contributed by atoms with Gasteiger partial charge in [0.05, 0.1) is 17.1 Å². The van der Waals surface area contributed by atoms with E-state index in [1.807, 2.05) is 24.3 Å². The van der Waals surface area contributed by atoms with Gasteiger partial charge in [-0.2, -0.15) is 0 Å². The SMILES string of the molecule is Oc1cc2ccccc2nc1CCl. The first-order chi connectivity index (χ1) is 6.31. The molecule has 1 aromatic heterocycles. The van der Waals surface area contributed by atoms with Crippen LogP contribution in [0.5, 0.6) is 5.75 Å². The van der Waals surface area contributed by atoms with Gasteiger partial charge >= 0.3 is 0 Å². The van der Waals surface area contributed by atoms with Crippen LogP contribution in [-0.4, -0.2) is 10.1 Å². The van der Waals surface area contributed by atoms with E-state index in [1.54, 1.807) is 6.07 Å². The Kier molecular flexibility index (Phi) is 2.07. The normalized spacial score (nSPS) is 10.5. The van der Waals surface area contributed by atoms with Crippen LogP contribution in [0, 0.1) is 0 Å². The van der Waals surface area contributed by atoms with Gasteiger partial charge < -0.3 is 5.11 Å². The number of aromatic hydroxyl groups is 1. The number of para-hydroxylation sites is 1. The van der Waals surface area contributed by atoms with Crippen LogP contribution in [0.2, 0.25) is 0 Å². The lowest BCUT2D eigenvalue weighted by Crippen LogP contribution is -1.87. The Balaban J connectivity index is 2.74. The van der Waals surface area contributed by atoms with Gasteiger partial charge in [-0.3, -0.25) is 0 Å². The second-order valence-electron chi connectivity index (χ2n) is 2.78. The molecule has 1 aromatic carbocycles. The van der Waals surface area contributed by atoms with Gasteiger partial charge in [-0.05, 0) is 12.1 Å². The zero-order valence-electron chi connectivity index (χ0n) is 6.87. The topological polar surface area (TPSA) is 33.1 Å². The lowest BCUT2D eigenvalue weighted by molar-refractivity contribution is 0.468. The number of halogens is 1. The van der Waals surface area contributed by atoms with Crippen molar-refractivity contribution < 1.29 is 5.11 Å². The number of hydrogen-bond donors (Lipinski definition) is 1. The minimum atomic E-state index is 0.161. The van der Waals surface area contributed by atoms with Gasteiger partial charge in [0.25, 0.3) is 0 Å². The van der Waals surface area contributed by atoms with E-state index in [0.29, 0.717) is 5.69 Å². The summed E-state index contributed by atoms with van der Waals surface area (Å²) in [4.78, 5) is 4.21. The summed E-state index contributed by atoms with van der Waals surface area (Å²) in [5.41, 5.74) is 1.39. The predicted octanol–water partition coefficient (Wildman–Crippen LogP) is 2.68. The molecule has 2 rings (SSSR count). The molecule has 0 spiro atoms. The Hall–Kier alpha value is -1.28. The second kappa shape index (κ2) is 3.23. The molecule has 0 unspecified atom stereocenters. The first-order valence-electron chi connectivity index (χ1n) is 3.95. The van der Waals surface area contributed by atoms with E-state index >= 15 is 0 Å². The highest BCUT2D eigenvalue weighted by Gasteiger charge is 2.03. The van der Waals surface area contributed by atoms with E-state index in [-0.39, 0.29) is 11.6 Å². The van der Waals surface area contributed by atoms with Crippen molar-refractivity contribution in [3.05, 3.63) is 36.0 Å². The summed E-state index contributed by atoms with van der Waals surface area (Å²) in [7, 11) is 0. The summed E-state index contributed by atoms with van der Waals surface area (Å²) in [6, 6.07) is 9.29. The average molecular weight is 194 g/mol. The number of alkyl halides is 1. The number of aromatic nitrogens is 1. The standard InChI is InChI=1S/C10H8ClNO/c11-6-9-10(13)5-7-3-1-2-4-8(7)12-9/h1-5,13H,6H2. The van der Waals surface area contributed by atoms with Crippen LogP contribution in [0.25, 0.3) is 10.9 Å². The van der Waals surface area contributed by atoms with Crippen LogP contribution >= 0.6 is 11.6 Å². The van der Waals surface area contributed by atoms with Gasteiger partial charge in [-0.1, -0.05) is 18.2 Å². The molecule has 0 atom stereocenters. The van der Waals surface area contributed by atoms with Crippen molar-refractivity contribution in [2.24, 2.45) is 0 Å². The molecule has 0 aliphatic carbocycles. The molecule has 13 heavy (non-hydrogen) atoms. The maximum Gasteiger partial charge on any atom is 0.138 e. The number of nitrogens with zero attached hydrogens (tertiary/aromatic N) is 1. The third-order valence-corrected chi connectivity index (χ3v) is 2.16. The Morgan fingerprint density at radius 1 is 1.31 bits per heavy atom. The minimum Gasteiger partial charge on any atom is -0.506 e. The summed E-state index contributed by atoms with van der Waals surface area (Å²) in [5, 5.41) is 10.4. The van der Waals surface area contributed by atoms with E-state index in [0.717, 1.165) is 10.9 Å². The predicted molar refractivity (Wildman–Crippen MR) is 53.0 cm³/mol. The quantitative estimate of drug-likeness (QED) is 0.707. The molecule has 0 aliphatic heterocycles. The third-order valence-electron chi connectivity index (χ3n) is 1.91. The van der Waals surface area contributed by atoms with Crippen LogP contribution in [-0.2, 0) is 5.88 Å². The summed E-state index contributed by atoms with van der Waals surface area (Å²) in [5.74, 6) is 0.394. The largest absolute Gasteiger partial charge is 0.506 e. The third kappa shape index (κ3) is 1.45. The smallest absolute Gasteiger partial charge is 0.138 e. The Labute approximate surface area is 80.8 Å². The maximum atomic E-state index is 9.46. The number of fused-ring (bicyclic) bond motifs is 1. The fourth-order valence-electron chi connectivity index (χ4n) is 1.24. The number of rotatable bonds is 1. The molecule has 0 fully saturated rings. The van der Waals surface area contributed by atoms with Crippen LogP contribution in [0.4, 0.5) is 0 Å². The lowest BCUT2D eigenvalue weighted by atomic mass is 10.2. The van der Waals surface area contributed by atoms with E-state index in [2.05, 4.69) is 4.98 Å². The van der Waals surface area contributed by atoms with Gasteiger partial charge in [0, 0.05) is 5.39 Å². The molecule has 1 N–H and O–H groups in total. The molecule has 0 saturated carbocycles. The minimum absolute atomic E-state index is 0.161. The van der Waals surface area contributed by atoms with E-state index in [1.165, 1.54) is 0 Å². The number of benzene rings is 1. The Morgan fingerprint density at radius 3 is 2.85 bits per heavy atom. The maximum absolute atomic E-state index is 9.46. The summed E-state index contributed by atoms with van der Waals surface area (Å²) in [6.07, 6.45) is 0. The first kappa shape index (κ1) is 8.32. The van der Waals surface area contributed by atoms with Crippen molar-refractivity contribution >= 4 is 22.5 Å². The molecule has 2 nitrogen and oxygen atoms in total. The highest BCUT2D eigenvalue weighted by molar-refractivity contribution is 6.17. The zero-order valence-corrected chi connectivity index (χ0v) is 7.62. The number of pyridine rings is 1. The van der Waals surface area contributed by atoms with Gasteiger partial charge in [-0.25, -0.2) is 4.98 Å². The molecule has 1 heterocycles. The van der Waals surface area contributed by atoms with Gasteiger partial charge in [-0.15, -0.1) is 11.6 Å². The van der Waals surface area contributed by atoms with Crippen molar-refractivity contribution in [1.29, 1.82) is 0 Å². The summed E-state index contributed by atoms with van der Waals surface area (Å²) < 4.78 is 0. The highest BCUT2D eigenvalue weighted by atomic mass is 35.5. The molecule has 2 aromatic rings. The molecule has 0 radical (unpaired) electrons. The van der Waals surface area contributed by atoms with Gasteiger partial charge in [0.15, 0.2) is 0 Å². The fourth-order valence-corrected chi connectivity index (χ4v) is 1.44. The monoisotopic (exact) mass is 193 g/mol. The van der Waals surface area contributed by atoms with Gasteiger partial charge in [0.2, 0.25) is 0 Å². The molecule has 0 aliphatic rings. The second-order valence-corrected chi connectivity index (χ2v) is 3.05. The van der Waals surface area contributed by atoms with Gasteiger partial charge in [0.1, 0.15) is 5.75 Å². The van der Waals surface area contributed by atoms with E-state index in [4.69, 9.17) is 11.6 Å². The van der Waals surface area contributed by atoms with Crippen LogP contribution < -0.4 is 0 Å². The van der Waals surface area contributed by atoms with E-state index in [9.17, 15) is 5.11 Å². The van der Waals surface area contributed by atoms with Crippen LogP contribution in [0.3, 0.4) is 0 Å². The van der Waals surface area contributed by atoms with Crippen molar-refractivity contribution in [3.63, 3.8) is 0 Å². The molecule has 0 saturated heterocycles. The molecular formula is C10H8ClNO. The van der Waals surface area contributed by atoms with Crippen molar-refractivity contribution in [1.82, 2.24) is 4.98 Å². The zero-order chi connectivity index (χ0) is 9.26. The van der Waals surface area contributed by atoms with Crippen molar-refractivity contribution in [3.8, 4) is 5.75 Å². The lowest BCUT2D eigenvalue weighted by Gasteiger charge is -2.02. The van der Waals surface area contributed by atoms with Crippen LogP contribution in [0.1, 0.15) is 5.69 Å². The Bertz CT molecular complexity index is 442. The molecule has 0 amide bonds. The average Bonchev–Trinajstić information content (AvgIpc) is 2.17. The fraction of sp³-hybridized carbons (Fsp3) is 0.100. The van der Waals surface area contributed by atoms with Crippen molar-refractivity contribution in [2.75, 3.05) is 0 Å². The van der Waals surface area contributed by atoms with E-state index < -0.39 is 0 Å². The van der Waals surface area contributed by atoms with Crippen molar-refractivity contribution in [2.45, 2.75) is 5.88 Å². The molecular weight excluding hydrogens is 186 g/mol.